The minimum absolute atomic E-state index is 0.0320. The minimum Gasteiger partial charge on any atom is -0.444 e. The molecule has 2 fully saturated rings. The molecule has 1 saturated carbocycles. The van der Waals surface area contributed by atoms with Gasteiger partial charge in [0, 0.05) is 31.8 Å². The van der Waals surface area contributed by atoms with Gasteiger partial charge in [-0.3, -0.25) is 4.79 Å². The average molecular weight is 377 g/mol. The number of nitrogens with one attached hydrogen (secondary N) is 2. The molecule has 2 heterocycles. The van der Waals surface area contributed by atoms with Crippen LogP contribution in [0.4, 0.5) is 19.3 Å². The molecule has 0 aromatic carbocycles. The quantitative estimate of drug-likeness (QED) is 0.845. The third kappa shape index (κ3) is 4.39. The van der Waals surface area contributed by atoms with E-state index in [4.69, 9.17) is 16.3 Å². The van der Waals surface area contributed by atoms with Crippen LogP contribution < -0.4 is 15.8 Å². The summed E-state index contributed by atoms with van der Waals surface area (Å²) in [7, 11) is 0. The van der Waals surface area contributed by atoms with Crippen molar-refractivity contribution in [2.24, 2.45) is 0 Å². The van der Waals surface area contributed by atoms with E-state index in [0.29, 0.717) is 38.0 Å². The van der Waals surface area contributed by atoms with Crippen molar-refractivity contribution in [1.29, 1.82) is 0 Å². The van der Waals surface area contributed by atoms with Gasteiger partial charge in [0.2, 0.25) is 5.92 Å². The molecule has 138 valence electrons. The second kappa shape index (κ2) is 7.15. The van der Waals surface area contributed by atoms with Crippen molar-refractivity contribution in [3.63, 3.8) is 0 Å². The number of carbonyl (C=O) groups excluding carboxylic acids is 1. The van der Waals surface area contributed by atoms with Crippen molar-refractivity contribution in [1.82, 2.24) is 15.5 Å². The summed E-state index contributed by atoms with van der Waals surface area (Å²) in [6, 6.07) is -0.569. The van der Waals surface area contributed by atoms with Gasteiger partial charge in [-0.2, -0.15) is 5.10 Å². The number of anilines is 1. The number of carbonyl (C=O) groups is 1. The Hall–Kier alpha value is -1.90. The predicted octanol–water partition coefficient (Wildman–Crippen LogP) is 2.31. The van der Waals surface area contributed by atoms with Gasteiger partial charge in [0.15, 0.2) is 0 Å². The van der Waals surface area contributed by atoms with Gasteiger partial charge in [-0.25, -0.2) is 18.7 Å². The molecule has 1 aliphatic heterocycles. The Kier molecular flexibility index (Phi) is 5.12. The van der Waals surface area contributed by atoms with Gasteiger partial charge in [-0.15, -0.1) is 0 Å². The Morgan fingerprint density at radius 3 is 3.04 bits per heavy atom. The van der Waals surface area contributed by atoms with Gasteiger partial charge < -0.3 is 15.0 Å². The summed E-state index contributed by atoms with van der Waals surface area (Å²) in [4.78, 5) is 25.3. The first-order valence-electron chi connectivity index (χ1n) is 8.17. The van der Waals surface area contributed by atoms with Crippen molar-refractivity contribution in [3.8, 4) is 0 Å². The van der Waals surface area contributed by atoms with E-state index < -0.39 is 29.7 Å². The molecule has 0 radical (unpaired) electrons. The largest absolute Gasteiger partial charge is 0.444 e. The fourth-order valence-electron chi connectivity index (χ4n) is 3.28. The van der Waals surface area contributed by atoms with E-state index >= 15 is 0 Å². The van der Waals surface area contributed by atoms with Crippen LogP contribution in [0.2, 0.25) is 5.02 Å². The molecule has 2 atom stereocenters. The van der Waals surface area contributed by atoms with Crippen LogP contribution in [0.3, 0.4) is 0 Å². The highest BCUT2D eigenvalue weighted by Crippen LogP contribution is 2.33. The highest BCUT2D eigenvalue weighted by molar-refractivity contribution is 6.33. The van der Waals surface area contributed by atoms with E-state index in [1.807, 2.05) is 0 Å². The highest BCUT2D eigenvalue weighted by atomic mass is 35.5. The van der Waals surface area contributed by atoms with Crippen LogP contribution in [0.25, 0.3) is 0 Å². The fourth-order valence-corrected chi connectivity index (χ4v) is 3.50. The molecule has 1 aromatic heterocycles. The van der Waals surface area contributed by atoms with Crippen LogP contribution in [0.5, 0.6) is 0 Å². The second-order valence-electron chi connectivity index (χ2n) is 6.45. The first-order valence-corrected chi connectivity index (χ1v) is 8.55. The number of halogens is 3. The smallest absolute Gasteiger partial charge is 0.407 e. The molecule has 0 unspecified atom stereocenters. The van der Waals surface area contributed by atoms with Crippen molar-refractivity contribution in [2.45, 2.75) is 50.2 Å². The molecule has 1 amide bonds. The van der Waals surface area contributed by atoms with Gasteiger partial charge in [0.05, 0.1) is 18.4 Å². The first-order chi connectivity index (χ1) is 11.8. The van der Waals surface area contributed by atoms with Crippen LogP contribution in [0.15, 0.2) is 11.0 Å². The Morgan fingerprint density at radius 2 is 2.28 bits per heavy atom. The van der Waals surface area contributed by atoms with E-state index in [-0.39, 0.29) is 17.9 Å². The molecule has 10 heteroatoms. The number of H-pyrrole nitrogens is 1. The van der Waals surface area contributed by atoms with Crippen molar-refractivity contribution in [3.05, 3.63) is 21.6 Å². The molecule has 3 rings (SSSR count). The topological polar surface area (TPSA) is 87.3 Å². The lowest BCUT2D eigenvalue weighted by Crippen LogP contribution is -2.43. The number of nitrogens with zero attached hydrogens (tertiary/aromatic N) is 2. The average Bonchev–Trinajstić information content (AvgIpc) is 2.97. The van der Waals surface area contributed by atoms with Gasteiger partial charge in [-0.05, 0) is 12.8 Å². The SMILES string of the molecule is O=C(N[C@H]1CCCC(F)(F)C1)O[C@@H]1CCN(c2cn[nH]c(=O)c2Cl)C1. The maximum absolute atomic E-state index is 13.4. The summed E-state index contributed by atoms with van der Waals surface area (Å²) >= 11 is 5.97. The van der Waals surface area contributed by atoms with Crippen LogP contribution >= 0.6 is 11.6 Å². The number of ether oxygens (including phenoxy) is 1. The molecule has 2 N–H and O–H groups in total. The zero-order valence-electron chi connectivity index (χ0n) is 13.4. The molecule has 0 spiro atoms. The monoisotopic (exact) mass is 376 g/mol. The molecule has 1 aromatic rings. The lowest BCUT2D eigenvalue weighted by Gasteiger charge is -2.29. The Bertz CT molecular complexity index is 700. The minimum atomic E-state index is -2.73. The van der Waals surface area contributed by atoms with Crippen molar-refractivity contribution >= 4 is 23.4 Å². The van der Waals surface area contributed by atoms with Crippen LogP contribution in [-0.4, -0.2) is 47.4 Å². The normalized spacial score (nSPS) is 25.6. The number of hydrogen-bond acceptors (Lipinski definition) is 5. The van der Waals surface area contributed by atoms with E-state index in [2.05, 4.69) is 15.5 Å². The van der Waals surface area contributed by atoms with Crippen LogP contribution in [0, 0.1) is 0 Å². The van der Waals surface area contributed by atoms with E-state index in [0.717, 1.165) is 0 Å². The lowest BCUT2D eigenvalue weighted by molar-refractivity contribution is -0.0439. The summed E-state index contributed by atoms with van der Waals surface area (Å²) in [6.45, 7) is 0.906. The third-order valence-electron chi connectivity index (χ3n) is 4.50. The summed E-state index contributed by atoms with van der Waals surface area (Å²) in [5, 5.41) is 8.51. The number of alkyl halides is 2. The second-order valence-corrected chi connectivity index (χ2v) is 6.83. The maximum Gasteiger partial charge on any atom is 0.407 e. The maximum atomic E-state index is 13.4. The summed E-state index contributed by atoms with van der Waals surface area (Å²) in [6.07, 6.45) is 1.31. The molecule has 25 heavy (non-hydrogen) atoms. The molecule has 1 aliphatic carbocycles. The number of rotatable bonds is 3. The number of amides is 1. The van der Waals surface area contributed by atoms with Gasteiger partial charge in [-0.1, -0.05) is 11.6 Å². The van der Waals surface area contributed by atoms with E-state index in [1.165, 1.54) is 6.20 Å². The molecular formula is C15H19ClF2N4O3. The molecular weight excluding hydrogens is 358 g/mol. The number of alkyl carbamates (subject to hydrolysis) is 1. The molecule has 2 aliphatic rings. The van der Waals surface area contributed by atoms with Gasteiger partial charge >= 0.3 is 6.09 Å². The number of aromatic nitrogens is 2. The Labute approximate surface area is 147 Å². The molecule has 0 bridgehead atoms. The summed E-state index contributed by atoms with van der Waals surface area (Å²) < 4.78 is 32.1. The summed E-state index contributed by atoms with van der Waals surface area (Å²) in [5.74, 6) is -2.73. The third-order valence-corrected chi connectivity index (χ3v) is 4.86. The number of aromatic amines is 1. The standard InChI is InChI=1S/C15H19ClF2N4O3/c16-12-11(7-19-21-13(12)23)22-5-3-10(8-22)25-14(24)20-9-2-1-4-15(17,18)6-9/h7,9-10H,1-6,8H2,(H,20,24)(H,21,23)/t9-,10+/m0/s1. The highest BCUT2D eigenvalue weighted by Gasteiger charge is 2.37. The van der Waals surface area contributed by atoms with Crippen molar-refractivity contribution in [2.75, 3.05) is 18.0 Å². The van der Waals surface area contributed by atoms with Crippen LogP contribution in [0.1, 0.15) is 32.1 Å². The zero-order valence-corrected chi connectivity index (χ0v) is 14.2. The van der Waals surface area contributed by atoms with E-state index in [1.54, 1.807) is 4.90 Å². The zero-order chi connectivity index (χ0) is 18.0. The fraction of sp³-hybridized carbons (Fsp3) is 0.667. The van der Waals surface area contributed by atoms with Gasteiger partial charge in [0.25, 0.3) is 5.56 Å². The molecule has 1 saturated heterocycles. The molecule has 7 nitrogen and oxygen atoms in total. The first kappa shape index (κ1) is 17.9. The predicted molar refractivity (Wildman–Crippen MR) is 87.3 cm³/mol. The van der Waals surface area contributed by atoms with Crippen LogP contribution in [-0.2, 0) is 4.74 Å². The lowest BCUT2D eigenvalue weighted by atomic mass is 9.92. The Balaban J connectivity index is 1.52. The summed E-state index contributed by atoms with van der Waals surface area (Å²) in [5.41, 5.74) is -0.0108. The van der Waals surface area contributed by atoms with E-state index in [9.17, 15) is 18.4 Å². The van der Waals surface area contributed by atoms with Crippen molar-refractivity contribution < 1.29 is 18.3 Å². The van der Waals surface area contributed by atoms with Gasteiger partial charge in [0.1, 0.15) is 11.1 Å². The number of hydrogen-bond donors (Lipinski definition) is 2. The Morgan fingerprint density at radius 1 is 1.48 bits per heavy atom.